The van der Waals surface area contributed by atoms with E-state index in [2.05, 4.69) is 0 Å². The lowest BCUT2D eigenvalue weighted by Gasteiger charge is -2.24. The summed E-state index contributed by atoms with van der Waals surface area (Å²) in [5.74, 6) is 0.0137. The lowest BCUT2D eigenvalue weighted by molar-refractivity contribution is -0.143. The van der Waals surface area contributed by atoms with Gasteiger partial charge in [-0.2, -0.15) is 0 Å². The second-order valence-corrected chi connectivity index (χ2v) is 4.98. The largest absolute Gasteiger partial charge is 0.497 e. The Balaban J connectivity index is 2.25. The monoisotopic (exact) mass is 305 g/mol. The van der Waals surface area contributed by atoms with Crippen molar-refractivity contribution in [1.82, 2.24) is 4.90 Å². The molecule has 0 bridgehead atoms. The molecule has 6 heteroatoms. The van der Waals surface area contributed by atoms with Gasteiger partial charge in [-0.25, -0.2) is 0 Å². The lowest BCUT2D eigenvalue weighted by Crippen LogP contribution is -2.38. The number of benzene rings is 1. The SMILES string of the molecule is CCCN(CC(=O)O)C(=O)C1=Cc2cc(OC)ccc2OC1. The number of carbonyl (C=O) groups excluding carboxylic acids is 1. The van der Waals surface area contributed by atoms with E-state index in [1.54, 1.807) is 31.4 Å². The Morgan fingerprint density at radius 3 is 2.82 bits per heavy atom. The molecule has 0 radical (unpaired) electrons. The normalized spacial score (nSPS) is 12.7. The number of methoxy groups -OCH3 is 1. The van der Waals surface area contributed by atoms with Gasteiger partial charge in [-0.05, 0) is 30.7 Å². The number of rotatable bonds is 6. The molecule has 0 atom stereocenters. The van der Waals surface area contributed by atoms with Crippen LogP contribution in [0.2, 0.25) is 0 Å². The summed E-state index contributed by atoms with van der Waals surface area (Å²) in [6.07, 6.45) is 2.42. The first-order valence-electron chi connectivity index (χ1n) is 7.07. The Hall–Kier alpha value is -2.50. The predicted octanol–water partition coefficient (Wildman–Crippen LogP) is 1.79. The molecule has 0 saturated heterocycles. The summed E-state index contributed by atoms with van der Waals surface area (Å²) in [6.45, 7) is 2.12. The fourth-order valence-corrected chi connectivity index (χ4v) is 2.29. The fraction of sp³-hybridized carbons (Fsp3) is 0.375. The number of carboxylic acid groups (broad SMARTS) is 1. The lowest BCUT2D eigenvalue weighted by atomic mass is 10.1. The van der Waals surface area contributed by atoms with Crippen molar-refractivity contribution in [2.75, 3.05) is 26.8 Å². The fourth-order valence-electron chi connectivity index (χ4n) is 2.29. The molecule has 1 N–H and O–H groups in total. The van der Waals surface area contributed by atoms with E-state index in [0.717, 1.165) is 5.56 Å². The van der Waals surface area contributed by atoms with E-state index in [9.17, 15) is 9.59 Å². The van der Waals surface area contributed by atoms with Crippen LogP contribution >= 0.6 is 0 Å². The number of aliphatic carboxylic acids is 1. The van der Waals surface area contributed by atoms with Crippen LogP contribution in [0.15, 0.2) is 23.8 Å². The van der Waals surface area contributed by atoms with Crippen molar-refractivity contribution in [3.05, 3.63) is 29.3 Å². The molecule has 22 heavy (non-hydrogen) atoms. The van der Waals surface area contributed by atoms with Crippen LogP contribution in [0.1, 0.15) is 18.9 Å². The van der Waals surface area contributed by atoms with Crippen LogP contribution < -0.4 is 9.47 Å². The zero-order valence-electron chi connectivity index (χ0n) is 12.7. The zero-order chi connectivity index (χ0) is 16.1. The second-order valence-electron chi connectivity index (χ2n) is 4.98. The standard InChI is InChI=1S/C16H19NO5/c1-3-6-17(9-15(18)19)16(20)12-7-11-8-13(21-2)4-5-14(11)22-10-12/h4-5,7-8H,3,6,9-10H2,1-2H3,(H,18,19). The maximum atomic E-state index is 12.5. The molecule has 1 aromatic rings. The number of amides is 1. The van der Waals surface area contributed by atoms with Crippen molar-refractivity contribution < 1.29 is 24.2 Å². The molecule has 2 rings (SSSR count). The van der Waals surface area contributed by atoms with Gasteiger partial charge in [0.2, 0.25) is 0 Å². The smallest absolute Gasteiger partial charge is 0.323 e. The molecule has 0 aliphatic carbocycles. The minimum atomic E-state index is -1.03. The number of ether oxygens (including phenoxy) is 2. The van der Waals surface area contributed by atoms with E-state index in [1.807, 2.05) is 6.92 Å². The summed E-state index contributed by atoms with van der Waals surface area (Å²) in [5, 5.41) is 8.92. The topological polar surface area (TPSA) is 76.1 Å². The summed E-state index contributed by atoms with van der Waals surface area (Å²) in [7, 11) is 1.57. The van der Waals surface area contributed by atoms with E-state index in [1.165, 1.54) is 4.90 Å². The molecule has 0 fully saturated rings. The van der Waals surface area contributed by atoms with Crippen molar-refractivity contribution in [3.8, 4) is 11.5 Å². The van der Waals surface area contributed by atoms with Gasteiger partial charge in [0.1, 0.15) is 24.7 Å². The quantitative estimate of drug-likeness (QED) is 0.867. The van der Waals surface area contributed by atoms with Crippen molar-refractivity contribution in [2.45, 2.75) is 13.3 Å². The van der Waals surface area contributed by atoms with Gasteiger partial charge in [0.25, 0.3) is 5.91 Å². The average Bonchev–Trinajstić information content (AvgIpc) is 2.52. The number of hydrogen-bond donors (Lipinski definition) is 1. The van der Waals surface area contributed by atoms with E-state index in [0.29, 0.717) is 30.0 Å². The Kier molecular flexibility index (Phi) is 5.04. The third-order valence-corrected chi connectivity index (χ3v) is 3.31. The highest BCUT2D eigenvalue weighted by Gasteiger charge is 2.23. The molecule has 118 valence electrons. The first-order valence-corrected chi connectivity index (χ1v) is 7.07. The van der Waals surface area contributed by atoms with Crippen LogP contribution in [0.4, 0.5) is 0 Å². The van der Waals surface area contributed by atoms with Crippen LogP contribution in [-0.2, 0) is 9.59 Å². The van der Waals surface area contributed by atoms with Crippen LogP contribution in [0.25, 0.3) is 6.08 Å². The highest BCUT2D eigenvalue weighted by atomic mass is 16.5. The molecular formula is C16H19NO5. The summed E-state index contributed by atoms with van der Waals surface area (Å²) in [6, 6.07) is 5.35. The Morgan fingerprint density at radius 1 is 1.41 bits per heavy atom. The van der Waals surface area contributed by atoms with Crippen LogP contribution in [0.3, 0.4) is 0 Å². The maximum absolute atomic E-state index is 12.5. The first-order chi connectivity index (χ1) is 10.5. The number of carboxylic acids is 1. The summed E-state index contributed by atoms with van der Waals surface area (Å²) < 4.78 is 10.7. The second kappa shape index (κ2) is 6.98. The van der Waals surface area contributed by atoms with Crippen LogP contribution in [-0.4, -0.2) is 48.7 Å². The molecule has 1 aliphatic heterocycles. The van der Waals surface area contributed by atoms with Crippen LogP contribution in [0, 0.1) is 0 Å². The van der Waals surface area contributed by atoms with Gasteiger partial charge in [-0.15, -0.1) is 0 Å². The first kappa shape index (κ1) is 15.9. The summed E-state index contributed by atoms with van der Waals surface area (Å²) in [5.41, 5.74) is 1.19. The van der Waals surface area contributed by atoms with Crippen LogP contribution in [0.5, 0.6) is 11.5 Å². The van der Waals surface area contributed by atoms with Gasteiger partial charge in [0.05, 0.1) is 12.7 Å². The van der Waals surface area contributed by atoms with Gasteiger partial charge < -0.3 is 19.5 Å². The van der Waals surface area contributed by atoms with E-state index >= 15 is 0 Å². The van der Waals surface area contributed by atoms with Gasteiger partial charge >= 0.3 is 5.97 Å². The van der Waals surface area contributed by atoms with E-state index in [4.69, 9.17) is 14.6 Å². The van der Waals surface area contributed by atoms with Gasteiger partial charge in [0, 0.05) is 12.1 Å². The van der Waals surface area contributed by atoms with E-state index < -0.39 is 5.97 Å². The highest BCUT2D eigenvalue weighted by molar-refractivity contribution is 6.00. The van der Waals surface area contributed by atoms with Crippen molar-refractivity contribution >= 4 is 18.0 Å². The Morgan fingerprint density at radius 2 is 2.18 bits per heavy atom. The van der Waals surface area contributed by atoms with Gasteiger partial charge in [0.15, 0.2) is 0 Å². The minimum absolute atomic E-state index is 0.137. The van der Waals surface area contributed by atoms with Gasteiger partial charge in [-0.3, -0.25) is 9.59 Å². The third-order valence-electron chi connectivity index (χ3n) is 3.31. The predicted molar refractivity (Wildman–Crippen MR) is 81.0 cm³/mol. The molecule has 6 nitrogen and oxygen atoms in total. The van der Waals surface area contributed by atoms with Crippen molar-refractivity contribution in [1.29, 1.82) is 0 Å². The number of hydrogen-bond acceptors (Lipinski definition) is 4. The number of carbonyl (C=O) groups is 2. The average molecular weight is 305 g/mol. The number of fused-ring (bicyclic) bond motifs is 1. The molecule has 0 aromatic heterocycles. The molecule has 0 spiro atoms. The molecule has 0 unspecified atom stereocenters. The highest BCUT2D eigenvalue weighted by Crippen LogP contribution is 2.30. The number of nitrogens with zero attached hydrogens (tertiary/aromatic N) is 1. The molecule has 1 aromatic carbocycles. The molecule has 0 saturated carbocycles. The summed E-state index contributed by atoms with van der Waals surface area (Å²) >= 11 is 0. The molecule has 1 aliphatic rings. The van der Waals surface area contributed by atoms with E-state index in [-0.39, 0.29) is 19.1 Å². The zero-order valence-corrected chi connectivity index (χ0v) is 12.7. The Bertz CT molecular complexity index is 609. The Labute approximate surface area is 128 Å². The van der Waals surface area contributed by atoms with Crippen molar-refractivity contribution in [2.24, 2.45) is 0 Å². The molecule has 1 amide bonds. The minimum Gasteiger partial charge on any atom is -0.497 e. The molecule has 1 heterocycles. The van der Waals surface area contributed by atoms with Crippen molar-refractivity contribution in [3.63, 3.8) is 0 Å². The maximum Gasteiger partial charge on any atom is 0.323 e. The van der Waals surface area contributed by atoms with Gasteiger partial charge in [-0.1, -0.05) is 6.92 Å². The summed E-state index contributed by atoms with van der Waals surface area (Å²) in [4.78, 5) is 24.7. The third kappa shape index (κ3) is 3.58. The molecular weight excluding hydrogens is 286 g/mol.